The van der Waals surface area contributed by atoms with Crippen LogP contribution in [0.25, 0.3) is 0 Å². The molecule has 3 amide bonds. The number of rotatable bonds is 9. The lowest BCUT2D eigenvalue weighted by Crippen LogP contribution is -2.53. The zero-order valence-electron chi connectivity index (χ0n) is 10.9. The molecule has 118 valence electrons. The number of aliphatic carboxylic acids is 2. The Morgan fingerprint density at radius 2 is 1.52 bits per heavy atom. The first-order valence-electron chi connectivity index (χ1n) is 5.69. The van der Waals surface area contributed by atoms with Gasteiger partial charge in [-0.3, -0.25) is 24.0 Å². The van der Waals surface area contributed by atoms with Crippen LogP contribution in [0, 0.1) is 0 Å². The molecule has 0 saturated carbocycles. The monoisotopic (exact) mass is 304 g/mol. The van der Waals surface area contributed by atoms with E-state index >= 15 is 0 Å². The first-order chi connectivity index (χ1) is 9.63. The maximum Gasteiger partial charge on any atom is 0.322 e. The van der Waals surface area contributed by atoms with E-state index in [2.05, 4.69) is 0 Å². The maximum absolute atomic E-state index is 11.6. The quantitative estimate of drug-likeness (QED) is 0.250. The number of carboxylic acids is 2. The van der Waals surface area contributed by atoms with Gasteiger partial charge in [-0.05, 0) is 0 Å². The van der Waals surface area contributed by atoms with Crippen LogP contribution in [-0.4, -0.2) is 58.5 Å². The molecule has 21 heavy (non-hydrogen) atoms. The Kier molecular flexibility index (Phi) is 7.39. The average Bonchev–Trinajstić information content (AvgIpc) is 2.33. The molecule has 11 heteroatoms. The summed E-state index contributed by atoms with van der Waals surface area (Å²) in [6, 6.07) is -2.86. The Labute approximate surface area is 118 Å². The average molecular weight is 304 g/mol. The Hall–Kier alpha value is -2.69. The van der Waals surface area contributed by atoms with Crippen LogP contribution in [0.5, 0.6) is 0 Å². The largest absolute Gasteiger partial charge is 0.481 e. The summed E-state index contributed by atoms with van der Waals surface area (Å²) in [6.45, 7) is -0.717. The number of hydrogen-bond donors (Lipinski definition) is 6. The SMILES string of the molecule is NC(=O)C[C@H](NC(=O)[C@@H](N)CC(=O)O)C(=O)NCC(=O)O. The van der Waals surface area contributed by atoms with Gasteiger partial charge >= 0.3 is 11.9 Å². The molecule has 0 aliphatic rings. The Morgan fingerprint density at radius 1 is 0.952 bits per heavy atom. The van der Waals surface area contributed by atoms with Gasteiger partial charge in [0.2, 0.25) is 17.7 Å². The fourth-order valence-electron chi connectivity index (χ4n) is 1.26. The van der Waals surface area contributed by atoms with Gasteiger partial charge in [0.15, 0.2) is 0 Å². The Balaban J connectivity index is 4.71. The van der Waals surface area contributed by atoms with Gasteiger partial charge in [-0.2, -0.15) is 0 Å². The smallest absolute Gasteiger partial charge is 0.322 e. The zero-order chi connectivity index (χ0) is 16.6. The zero-order valence-corrected chi connectivity index (χ0v) is 10.9. The Bertz CT molecular complexity index is 451. The summed E-state index contributed by atoms with van der Waals surface area (Å²) < 4.78 is 0. The van der Waals surface area contributed by atoms with E-state index in [0.29, 0.717) is 0 Å². The van der Waals surface area contributed by atoms with E-state index < -0.39 is 61.1 Å². The molecule has 0 unspecified atom stereocenters. The van der Waals surface area contributed by atoms with Crippen LogP contribution < -0.4 is 22.1 Å². The molecule has 0 fully saturated rings. The van der Waals surface area contributed by atoms with Gasteiger partial charge in [0.05, 0.1) is 18.9 Å². The van der Waals surface area contributed by atoms with Gasteiger partial charge in [-0.25, -0.2) is 0 Å². The molecule has 0 heterocycles. The molecule has 0 aromatic rings. The van der Waals surface area contributed by atoms with Crippen molar-refractivity contribution in [1.29, 1.82) is 0 Å². The number of amides is 3. The number of carbonyl (C=O) groups excluding carboxylic acids is 3. The number of nitrogens with two attached hydrogens (primary N) is 2. The molecule has 0 aromatic heterocycles. The van der Waals surface area contributed by atoms with Crippen LogP contribution in [0.15, 0.2) is 0 Å². The van der Waals surface area contributed by atoms with Crippen LogP contribution in [0.2, 0.25) is 0 Å². The van der Waals surface area contributed by atoms with E-state index in [4.69, 9.17) is 21.7 Å². The van der Waals surface area contributed by atoms with Gasteiger partial charge in [0.1, 0.15) is 12.6 Å². The molecule has 0 aliphatic carbocycles. The van der Waals surface area contributed by atoms with E-state index in [1.165, 1.54) is 0 Å². The predicted octanol–water partition coefficient (Wildman–Crippen LogP) is -3.65. The van der Waals surface area contributed by atoms with E-state index in [1.807, 2.05) is 10.6 Å². The summed E-state index contributed by atoms with van der Waals surface area (Å²) in [5.74, 6) is -5.49. The van der Waals surface area contributed by atoms with Gasteiger partial charge in [0.25, 0.3) is 0 Å². The Morgan fingerprint density at radius 3 is 1.95 bits per heavy atom. The minimum absolute atomic E-state index is 0.586. The third-order valence-corrected chi connectivity index (χ3v) is 2.18. The van der Waals surface area contributed by atoms with Crippen molar-refractivity contribution in [3.8, 4) is 0 Å². The highest BCUT2D eigenvalue weighted by atomic mass is 16.4. The lowest BCUT2D eigenvalue weighted by atomic mass is 10.1. The molecule has 0 saturated heterocycles. The second kappa shape index (κ2) is 8.47. The molecule has 0 bridgehead atoms. The van der Waals surface area contributed by atoms with Crippen molar-refractivity contribution in [1.82, 2.24) is 10.6 Å². The first kappa shape index (κ1) is 18.3. The van der Waals surface area contributed by atoms with Gasteiger partial charge < -0.3 is 32.3 Å². The normalized spacial score (nSPS) is 12.8. The van der Waals surface area contributed by atoms with Gasteiger partial charge in [0, 0.05) is 0 Å². The van der Waals surface area contributed by atoms with Crippen molar-refractivity contribution >= 4 is 29.7 Å². The summed E-state index contributed by atoms with van der Waals surface area (Å²) in [6.07, 6.45) is -1.26. The summed E-state index contributed by atoms with van der Waals surface area (Å²) in [5, 5.41) is 20.9. The van der Waals surface area contributed by atoms with Gasteiger partial charge in [-0.15, -0.1) is 0 Å². The lowest BCUT2D eigenvalue weighted by molar-refractivity contribution is -0.140. The summed E-state index contributed by atoms with van der Waals surface area (Å²) in [7, 11) is 0. The molecule has 11 nitrogen and oxygen atoms in total. The fraction of sp³-hybridized carbons (Fsp3) is 0.500. The topological polar surface area (TPSA) is 202 Å². The van der Waals surface area contributed by atoms with E-state index in [-0.39, 0.29) is 0 Å². The lowest BCUT2D eigenvalue weighted by Gasteiger charge is -2.18. The number of hydrogen-bond acceptors (Lipinski definition) is 6. The van der Waals surface area contributed by atoms with Crippen molar-refractivity contribution < 1.29 is 34.2 Å². The van der Waals surface area contributed by atoms with Crippen LogP contribution >= 0.6 is 0 Å². The molecule has 0 aliphatic heterocycles. The standard InChI is InChI=1S/C10H16N4O7/c11-4(1-7(16)17)9(20)14-5(2-6(12)15)10(21)13-3-8(18)19/h4-5H,1-3,11H2,(H2,12,15)(H,13,21)(H,14,20)(H,16,17)(H,18,19)/t4-,5-/m0/s1. The first-order valence-corrected chi connectivity index (χ1v) is 5.69. The number of carbonyl (C=O) groups is 5. The second-order valence-corrected chi connectivity index (χ2v) is 4.05. The van der Waals surface area contributed by atoms with Crippen molar-refractivity contribution in [2.45, 2.75) is 24.9 Å². The van der Waals surface area contributed by atoms with Crippen LogP contribution in [0.3, 0.4) is 0 Å². The molecule has 0 spiro atoms. The maximum atomic E-state index is 11.6. The summed E-state index contributed by atoms with van der Waals surface area (Å²) in [4.78, 5) is 54.7. The number of carboxylic acid groups (broad SMARTS) is 2. The summed E-state index contributed by atoms with van der Waals surface area (Å²) >= 11 is 0. The van der Waals surface area contributed by atoms with Crippen LogP contribution in [0.1, 0.15) is 12.8 Å². The van der Waals surface area contributed by atoms with Gasteiger partial charge in [-0.1, -0.05) is 0 Å². The molecular weight excluding hydrogens is 288 g/mol. The van der Waals surface area contributed by atoms with E-state index in [1.54, 1.807) is 0 Å². The van der Waals surface area contributed by atoms with Crippen molar-refractivity contribution in [3.63, 3.8) is 0 Å². The highest BCUT2D eigenvalue weighted by molar-refractivity contribution is 5.94. The molecule has 8 N–H and O–H groups in total. The molecule has 0 radical (unpaired) electrons. The van der Waals surface area contributed by atoms with E-state index in [0.717, 1.165) is 0 Å². The predicted molar refractivity (Wildman–Crippen MR) is 66.6 cm³/mol. The second-order valence-electron chi connectivity index (χ2n) is 4.05. The minimum Gasteiger partial charge on any atom is -0.481 e. The third kappa shape index (κ3) is 8.15. The van der Waals surface area contributed by atoms with Crippen molar-refractivity contribution in [2.75, 3.05) is 6.54 Å². The molecule has 0 rings (SSSR count). The van der Waals surface area contributed by atoms with Crippen LogP contribution in [-0.2, 0) is 24.0 Å². The summed E-state index contributed by atoms with van der Waals surface area (Å²) in [5.41, 5.74) is 10.2. The van der Waals surface area contributed by atoms with Crippen LogP contribution in [0.4, 0.5) is 0 Å². The molecular formula is C10H16N4O7. The number of primary amides is 1. The molecule has 0 aromatic carbocycles. The number of nitrogens with one attached hydrogen (secondary N) is 2. The highest BCUT2D eigenvalue weighted by Crippen LogP contribution is 1.96. The van der Waals surface area contributed by atoms with E-state index in [9.17, 15) is 24.0 Å². The molecule has 2 atom stereocenters. The minimum atomic E-state index is -1.44. The third-order valence-electron chi connectivity index (χ3n) is 2.18. The van der Waals surface area contributed by atoms with Crippen molar-refractivity contribution in [2.24, 2.45) is 11.5 Å². The van der Waals surface area contributed by atoms with Crippen molar-refractivity contribution in [3.05, 3.63) is 0 Å². The fourth-order valence-corrected chi connectivity index (χ4v) is 1.26. The highest BCUT2D eigenvalue weighted by Gasteiger charge is 2.26.